The highest BCUT2D eigenvalue weighted by molar-refractivity contribution is 5.96. The third-order valence-corrected chi connectivity index (χ3v) is 6.42. The molecule has 31 heavy (non-hydrogen) atoms. The van der Waals surface area contributed by atoms with Gasteiger partial charge in [0.1, 0.15) is 12.4 Å². The lowest BCUT2D eigenvalue weighted by Gasteiger charge is -2.29. The molecule has 2 aromatic carbocycles. The minimum atomic E-state index is 0.0603. The van der Waals surface area contributed by atoms with E-state index in [1.807, 2.05) is 37.0 Å². The van der Waals surface area contributed by atoms with E-state index in [0.29, 0.717) is 25.3 Å². The number of rotatable bonds is 5. The fourth-order valence-electron chi connectivity index (χ4n) is 4.68. The first kappa shape index (κ1) is 21.4. The van der Waals surface area contributed by atoms with Gasteiger partial charge in [0.15, 0.2) is 0 Å². The van der Waals surface area contributed by atoms with Crippen molar-refractivity contribution in [2.24, 2.45) is 0 Å². The summed E-state index contributed by atoms with van der Waals surface area (Å²) in [7, 11) is 0. The zero-order chi connectivity index (χ0) is 21.8. The number of ether oxygens (including phenoxy) is 1. The minimum Gasteiger partial charge on any atom is -0.488 e. The molecule has 0 aromatic heterocycles. The zero-order valence-electron chi connectivity index (χ0n) is 18.7. The van der Waals surface area contributed by atoms with E-state index < -0.39 is 0 Å². The molecule has 4 heteroatoms. The molecule has 0 radical (unpaired) electrons. The Labute approximate surface area is 185 Å². The second kappa shape index (κ2) is 9.52. The van der Waals surface area contributed by atoms with Gasteiger partial charge in [0.2, 0.25) is 0 Å². The van der Waals surface area contributed by atoms with Gasteiger partial charge in [-0.3, -0.25) is 9.69 Å². The summed E-state index contributed by atoms with van der Waals surface area (Å²) in [5.74, 6) is 0.871. The van der Waals surface area contributed by atoms with E-state index in [1.54, 1.807) is 0 Å². The van der Waals surface area contributed by atoms with Crippen LogP contribution in [0.1, 0.15) is 53.7 Å². The highest BCUT2D eigenvalue weighted by atomic mass is 16.5. The molecular weight excluding hydrogens is 384 g/mol. The summed E-state index contributed by atoms with van der Waals surface area (Å²) in [6.45, 7) is 12.9. The first-order chi connectivity index (χ1) is 15.2. The Bertz CT molecular complexity index is 994. The van der Waals surface area contributed by atoms with Crippen LogP contribution in [0.5, 0.6) is 5.75 Å². The lowest BCUT2D eigenvalue weighted by Crippen LogP contribution is -2.31. The highest BCUT2D eigenvalue weighted by Gasteiger charge is 2.25. The summed E-state index contributed by atoms with van der Waals surface area (Å²) in [6, 6.07) is 14.5. The van der Waals surface area contributed by atoms with Crippen molar-refractivity contribution in [1.29, 1.82) is 0 Å². The maximum Gasteiger partial charge on any atom is 0.253 e. The van der Waals surface area contributed by atoms with Crippen molar-refractivity contribution in [3.8, 4) is 5.75 Å². The van der Waals surface area contributed by atoms with Gasteiger partial charge in [-0.05, 0) is 61.6 Å². The van der Waals surface area contributed by atoms with Gasteiger partial charge < -0.3 is 9.64 Å². The van der Waals surface area contributed by atoms with E-state index >= 15 is 0 Å². The van der Waals surface area contributed by atoms with Crippen molar-refractivity contribution < 1.29 is 9.53 Å². The largest absolute Gasteiger partial charge is 0.488 e. The van der Waals surface area contributed by atoms with Gasteiger partial charge in [-0.2, -0.15) is 0 Å². The average Bonchev–Trinajstić information content (AvgIpc) is 2.97. The number of amides is 1. The topological polar surface area (TPSA) is 32.8 Å². The second-order valence-corrected chi connectivity index (χ2v) is 8.20. The molecule has 0 saturated carbocycles. The molecular formula is C27H32N2O2. The van der Waals surface area contributed by atoms with E-state index in [9.17, 15) is 4.79 Å². The number of nitrogens with zero attached hydrogens (tertiary/aromatic N) is 2. The number of hydrogen-bond acceptors (Lipinski definition) is 3. The molecule has 4 nitrogen and oxygen atoms in total. The first-order valence-corrected chi connectivity index (χ1v) is 11.4. The summed E-state index contributed by atoms with van der Waals surface area (Å²) in [5, 5.41) is 0. The van der Waals surface area contributed by atoms with E-state index in [0.717, 1.165) is 43.8 Å². The SMILES string of the molecule is C=CCN1CCC(=C2c3ccccc3COc3cc(C(=O)N(CC)CC)ccc32)CC1. The van der Waals surface area contributed by atoms with Crippen LogP contribution < -0.4 is 4.74 Å². The molecule has 2 aliphatic rings. The van der Waals surface area contributed by atoms with E-state index in [2.05, 4.69) is 41.8 Å². The van der Waals surface area contributed by atoms with Crippen LogP contribution in [-0.2, 0) is 6.61 Å². The Hall–Kier alpha value is -2.85. The molecule has 0 unspecified atom stereocenters. The molecule has 0 aliphatic carbocycles. The predicted octanol–water partition coefficient (Wildman–Crippen LogP) is 5.14. The molecule has 4 rings (SSSR count). The Morgan fingerprint density at radius 3 is 2.55 bits per heavy atom. The van der Waals surface area contributed by atoms with Crippen LogP contribution in [0, 0.1) is 0 Å². The quantitative estimate of drug-likeness (QED) is 0.633. The molecule has 0 bridgehead atoms. The molecule has 1 amide bonds. The normalized spacial score (nSPS) is 16.1. The highest BCUT2D eigenvalue weighted by Crippen LogP contribution is 2.41. The Balaban J connectivity index is 1.78. The van der Waals surface area contributed by atoms with Gasteiger partial charge in [-0.25, -0.2) is 0 Å². The Morgan fingerprint density at radius 1 is 1.10 bits per heavy atom. The van der Waals surface area contributed by atoms with Crippen molar-refractivity contribution in [2.45, 2.75) is 33.3 Å². The fourth-order valence-corrected chi connectivity index (χ4v) is 4.68. The number of hydrogen-bond donors (Lipinski definition) is 0. The third kappa shape index (κ3) is 4.31. The number of fused-ring (bicyclic) bond motifs is 2. The first-order valence-electron chi connectivity index (χ1n) is 11.4. The summed E-state index contributed by atoms with van der Waals surface area (Å²) in [4.78, 5) is 17.2. The maximum atomic E-state index is 12.9. The van der Waals surface area contributed by atoms with Gasteiger partial charge in [-0.1, -0.05) is 35.9 Å². The summed E-state index contributed by atoms with van der Waals surface area (Å²) < 4.78 is 6.26. The average molecular weight is 417 g/mol. The molecule has 162 valence electrons. The second-order valence-electron chi connectivity index (χ2n) is 8.20. The van der Waals surface area contributed by atoms with E-state index in [4.69, 9.17) is 4.74 Å². The van der Waals surface area contributed by atoms with Crippen LogP contribution in [0.3, 0.4) is 0 Å². The molecule has 1 saturated heterocycles. The van der Waals surface area contributed by atoms with Gasteiger partial charge >= 0.3 is 0 Å². The monoisotopic (exact) mass is 416 g/mol. The van der Waals surface area contributed by atoms with Crippen LogP contribution >= 0.6 is 0 Å². The van der Waals surface area contributed by atoms with E-state index in [-0.39, 0.29) is 5.91 Å². The lowest BCUT2D eigenvalue weighted by atomic mass is 9.86. The van der Waals surface area contributed by atoms with Crippen molar-refractivity contribution in [3.05, 3.63) is 82.9 Å². The van der Waals surface area contributed by atoms with Gasteiger partial charge in [0.05, 0.1) is 0 Å². The van der Waals surface area contributed by atoms with Crippen LogP contribution in [0.4, 0.5) is 0 Å². The van der Waals surface area contributed by atoms with Crippen LogP contribution in [-0.4, -0.2) is 48.4 Å². The molecule has 2 aliphatic heterocycles. The van der Waals surface area contributed by atoms with Crippen LogP contribution in [0.2, 0.25) is 0 Å². The van der Waals surface area contributed by atoms with Crippen molar-refractivity contribution in [2.75, 3.05) is 32.7 Å². The Morgan fingerprint density at radius 2 is 1.84 bits per heavy atom. The number of piperidine rings is 1. The molecule has 0 N–H and O–H groups in total. The van der Waals surface area contributed by atoms with Crippen molar-refractivity contribution >= 4 is 11.5 Å². The zero-order valence-corrected chi connectivity index (χ0v) is 18.7. The lowest BCUT2D eigenvalue weighted by molar-refractivity contribution is 0.0772. The number of benzene rings is 2. The molecule has 0 spiro atoms. The molecule has 2 heterocycles. The molecule has 2 aromatic rings. The van der Waals surface area contributed by atoms with Crippen LogP contribution in [0.25, 0.3) is 5.57 Å². The van der Waals surface area contributed by atoms with Crippen molar-refractivity contribution in [1.82, 2.24) is 9.80 Å². The maximum absolute atomic E-state index is 12.9. The minimum absolute atomic E-state index is 0.0603. The fraction of sp³-hybridized carbons (Fsp3) is 0.370. The molecule has 0 atom stereocenters. The van der Waals surface area contributed by atoms with Crippen LogP contribution in [0.15, 0.2) is 60.7 Å². The third-order valence-electron chi connectivity index (χ3n) is 6.42. The summed E-state index contributed by atoms with van der Waals surface area (Å²) >= 11 is 0. The van der Waals surface area contributed by atoms with Gasteiger partial charge in [0.25, 0.3) is 5.91 Å². The van der Waals surface area contributed by atoms with E-state index in [1.165, 1.54) is 22.3 Å². The standard InChI is InChI=1S/C27H32N2O2/c1-4-15-28-16-13-20(14-17-28)26-23-10-8-7-9-22(23)19-31-25-18-21(11-12-24(25)26)27(30)29(5-2)6-3/h4,7-12,18H,1,5-6,13-17,19H2,2-3H3. The summed E-state index contributed by atoms with van der Waals surface area (Å²) in [5.41, 5.74) is 7.03. The summed E-state index contributed by atoms with van der Waals surface area (Å²) in [6.07, 6.45) is 4.06. The predicted molar refractivity (Wildman–Crippen MR) is 126 cm³/mol. The molecule has 1 fully saturated rings. The Kier molecular flexibility index (Phi) is 6.57. The number of carbonyl (C=O) groups excluding carboxylic acids is 1. The smallest absolute Gasteiger partial charge is 0.253 e. The van der Waals surface area contributed by atoms with Gasteiger partial charge in [-0.15, -0.1) is 6.58 Å². The van der Waals surface area contributed by atoms with Gasteiger partial charge in [0, 0.05) is 43.9 Å². The number of likely N-dealkylation sites (tertiary alicyclic amines) is 1. The number of carbonyl (C=O) groups is 1. The van der Waals surface area contributed by atoms with Crippen molar-refractivity contribution in [3.63, 3.8) is 0 Å².